The van der Waals surface area contributed by atoms with E-state index in [2.05, 4.69) is 46.4 Å². The van der Waals surface area contributed by atoms with Crippen molar-refractivity contribution in [2.45, 2.75) is 13.0 Å². The van der Waals surface area contributed by atoms with Gasteiger partial charge >= 0.3 is 0 Å². The average Bonchev–Trinajstić information content (AvgIpc) is 3.36. The van der Waals surface area contributed by atoms with Crippen molar-refractivity contribution in [2.24, 2.45) is 0 Å². The summed E-state index contributed by atoms with van der Waals surface area (Å²) in [6.45, 7) is 5.36. The predicted octanol–water partition coefficient (Wildman–Crippen LogP) is 5.53. The van der Waals surface area contributed by atoms with E-state index in [1.54, 1.807) is 11.3 Å². The summed E-state index contributed by atoms with van der Waals surface area (Å²) in [4.78, 5) is 22.4. The number of piperazine rings is 1. The first-order valence-electron chi connectivity index (χ1n) is 12.2. The van der Waals surface area contributed by atoms with Gasteiger partial charge in [-0.15, -0.1) is 11.3 Å². The normalized spacial score (nSPS) is 14.5. The SMILES string of the molecule is CN1CCN(Cc2cccc(-c3nc(CC(=O)Nc4ccccc4Oc4ccccc4)cs3)c2)CC1. The van der Waals surface area contributed by atoms with Crippen LogP contribution >= 0.6 is 11.3 Å². The molecule has 0 unspecified atom stereocenters. The van der Waals surface area contributed by atoms with E-state index in [0.717, 1.165) is 54.7 Å². The Morgan fingerprint density at radius 3 is 2.58 bits per heavy atom. The molecule has 1 saturated heterocycles. The topological polar surface area (TPSA) is 57.7 Å². The number of ether oxygens (including phenoxy) is 1. The number of hydrogen-bond acceptors (Lipinski definition) is 6. The molecular formula is C29H30N4O2S. The lowest BCUT2D eigenvalue weighted by Gasteiger charge is -2.32. The molecule has 0 atom stereocenters. The minimum absolute atomic E-state index is 0.125. The molecule has 0 bridgehead atoms. The van der Waals surface area contributed by atoms with E-state index in [-0.39, 0.29) is 12.3 Å². The molecule has 0 spiro atoms. The van der Waals surface area contributed by atoms with Gasteiger partial charge in [0.1, 0.15) is 10.8 Å². The Kier molecular flexibility index (Phi) is 7.71. The van der Waals surface area contributed by atoms with Crippen LogP contribution in [0.15, 0.2) is 84.2 Å². The Morgan fingerprint density at radius 2 is 1.75 bits per heavy atom. The molecule has 2 heterocycles. The van der Waals surface area contributed by atoms with Gasteiger partial charge in [-0.2, -0.15) is 0 Å². The van der Waals surface area contributed by atoms with Crippen LogP contribution in [0.4, 0.5) is 5.69 Å². The second kappa shape index (κ2) is 11.5. The number of amides is 1. The fraction of sp³-hybridized carbons (Fsp3) is 0.241. The van der Waals surface area contributed by atoms with Crippen LogP contribution in [0.2, 0.25) is 0 Å². The largest absolute Gasteiger partial charge is 0.455 e. The molecule has 1 amide bonds. The molecule has 1 N–H and O–H groups in total. The van der Waals surface area contributed by atoms with E-state index >= 15 is 0 Å². The lowest BCUT2D eigenvalue weighted by Crippen LogP contribution is -2.43. The first kappa shape index (κ1) is 24.2. The average molecular weight is 499 g/mol. The van der Waals surface area contributed by atoms with Gasteiger partial charge in [-0.05, 0) is 42.9 Å². The van der Waals surface area contributed by atoms with Crippen LogP contribution in [0.5, 0.6) is 11.5 Å². The summed E-state index contributed by atoms with van der Waals surface area (Å²) in [5.74, 6) is 1.20. The third kappa shape index (κ3) is 6.37. The van der Waals surface area contributed by atoms with Gasteiger partial charge in [-0.1, -0.05) is 48.5 Å². The molecule has 36 heavy (non-hydrogen) atoms. The highest BCUT2D eigenvalue weighted by atomic mass is 32.1. The van der Waals surface area contributed by atoms with Gasteiger partial charge in [-0.25, -0.2) is 4.98 Å². The van der Waals surface area contributed by atoms with Crippen molar-refractivity contribution in [3.63, 3.8) is 0 Å². The first-order chi connectivity index (χ1) is 17.6. The Hall–Kier alpha value is -3.52. The molecule has 1 aliphatic heterocycles. The quantitative estimate of drug-likeness (QED) is 0.346. The number of anilines is 1. The van der Waals surface area contributed by atoms with E-state index in [9.17, 15) is 4.79 Å². The number of nitrogens with one attached hydrogen (secondary N) is 1. The minimum Gasteiger partial charge on any atom is -0.455 e. The van der Waals surface area contributed by atoms with Crippen molar-refractivity contribution in [3.8, 4) is 22.1 Å². The Morgan fingerprint density at radius 1 is 0.972 bits per heavy atom. The number of nitrogens with zero attached hydrogens (tertiary/aromatic N) is 3. The van der Waals surface area contributed by atoms with Crippen molar-refractivity contribution >= 4 is 22.9 Å². The number of hydrogen-bond donors (Lipinski definition) is 1. The summed E-state index contributed by atoms with van der Waals surface area (Å²) in [6.07, 6.45) is 0.206. The summed E-state index contributed by atoms with van der Waals surface area (Å²) in [6, 6.07) is 25.6. The summed E-state index contributed by atoms with van der Waals surface area (Å²) in [7, 11) is 2.18. The van der Waals surface area contributed by atoms with Crippen LogP contribution in [0.1, 0.15) is 11.3 Å². The molecule has 184 valence electrons. The Bertz CT molecular complexity index is 1300. The van der Waals surface area contributed by atoms with Gasteiger partial charge in [0.25, 0.3) is 0 Å². The second-order valence-corrected chi connectivity index (χ2v) is 9.92. The zero-order chi connectivity index (χ0) is 24.7. The first-order valence-corrected chi connectivity index (χ1v) is 13.1. The Labute approximate surface area is 216 Å². The van der Waals surface area contributed by atoms with Crippen molar-refractivity contribution in [2.75, 3.05) is 38.5 Å². The molecule has 5 rings (SSSR count). The molecule has 1 aromatic heterocycles. The molecule has 3 aromatic carbocycles. The Balaban J connectivity index is 1.21. The van der Waals surface area contributed by atoms with Gasteiger partial charge in [-0.3, -0.25) is 9.69 Å². The number of aromatic nitrogens is 1. The number of likely N-dealkylation sites (N-methyl/N-ethyl adjacent to an activating group) is 1. The van der Waals surface area contributed by atoms with Crippen molar-refractivity contribution in [1.29, 1.82) is 0 Å². The fourth-order valence-corrected chi connectivity index (χ4v) is 5.04. The van der Waals surface area contributed by atoms with Gasteiger partial charge in [0.15, 0.2) is 5.75 Å². The molecule has 0 aliphatic carbocycles. The maximum Gasteiger partial charge on any atom is 0.230 e. The summed E-state index contributed by atoms with van der Waals surface area (Å²) < 4.78 is 5.96. The third-order valence-electron chi connectivity index (χ3n) is 6.20. The monoisotopic (exact) mass is 498 g/mol. The maximum atomic E-state index is 12.8. The number of benzene rings is 3. The van der Waals surface area contributed by atoms with Crippen LogP contribution in [-0.4, -0.2) is 53.9 Å². The standard InChI is InChI=1S/C29H30N4O2S/c1-32-14-16-33(17-15-32)20-22-8-7-9-23(18-22)29-30-24(21-36-29)19-28(34)31-26-12-5-6-13-27(26)35-25-10-3-2-4-11-25/h2-13,18,21H,14-17,19-20H2,1H3,(H,31,34). The molecule has 0 radical (unpaired) electrons. The van der Waals surface area contributed by atoms with Crippen molar-refractivity contribution in [1.82, 2.24) is 14.8 Å². The van der Waals surface area contributed by atoms with Gasteiger partial charge in [0, 0.05) is 43.7 Å². The summed E-state index contributed by atoms with van der Waals surface area (Å²) >= 11 is 1.57. The summed E-state index contributed by atoms with van der Waals surface area (Å²) in [5.41, 5.74) is 3.79. The van der Waals surface area contributed by atoms with Crippen LogP contribution in [0, 0.1) is 0 Å². The van der Waals surface area contributed by atoms with Crippen molar-refractivity contribution in [3.05, 3.63) is 95.5 Å². The molecule has 4 aromatic rings. The number of rotatable bonds is 8. The molecule has 0 saturated carbocycles. The number of thiazole rings is 1. The number of carbonyl (C=O) groups excluding carboxylic acids is 1. The lowest BCUT2D eigenvalue weighted by molar-refractivity contribution is -0.115. The van der Waals surface area contributed by atoms with Crippen LogP contribution < -0.4 is 10.1 Å². The molecule has 6 nitrogen and oxygen atoms in total. The molecule has 7 heteroatoms. The molecule has 1 fully saturated rings. The van der Waals surface area contributed by atoms with E-state index in [1.165, 1.54) is 5.56 Å². The van der Waals surface area contributed by atoms with Gasteiger partial charge in [0.2, 0.25) is 5.91 Å². The number of carbonyl (C=O) groups is 1. The van der Waals surface area contributed by atoms with E-state index in [0.29, 0.717) is 11.4 Å². The van der Waals surface area contributed by atoms with Gasteiger partial charge < -0.3 is 15.0 Å². The van der Waals surface area contributed by atoms with E-state index in [4.69, 9.17) is 9.72 Å². The van der Waals surface area contributed by atoms with E-state index in [1.807, 2.05) is 60.0 Å². The van der Waals surface area contributed by atoms with Gasteiger partial charge in [0.05, 0.1) is 17.8 Å². The highest BCUT2D eigenvalue weighted by Gasteiger charge is 2.15. The fourth-order valence-electron chi connectivity index (χ4n) is 4.22. The van der Waals surface area contributed by atoms with Crippen LogP contribution in [-0.2, 0) is 17.8 Å². The smallest absolute Gasteiger partial charge is 0.230 e. The van der Waals surface area contributed by atoms with Crippen LogP contribution in [0.3, 0.4) is 0 Å². The highest BCUT2D eigenvalue weighted by molar-refractivity contribution is 7.13. The lowest BCUT2D eigenvalue weighted by atomic mass is 10.1. The summed E-state index contributed by atoms with van der Waals surface area (Å²) in [5, 5.41) is 5.88. The zero-order valence-electron chi connectivity index (χ0n) is 20.4. The maximum absolute atomic E-state index is 12.8. The minimum atomic E-state index is -0.125. The molecular weight excluding hydrogens is 468 g/mol. The van der Waals surface area contributed by atoms with Crippen molar-refractivity contribution < 1.29 is 9.53 Å². The highest BCUT2D eigenvalue weighted by Crippen LogP contribution is 2.30. The number of para-hydroxylation sites is 3. The predicted molar refractivity (Wildman–Crippen MR) is 146 cm³/mol. The zero-order valence-corrected chi connectivity index (χ0v) is 21.2. The molecule has 1 aliphatic rings. The third-order valence-corrected chi connectivity index (χ3v) is 7.14. The van der Waals surface area contributed by atoms with Crippen LogP contribution in [0.25, 0.3) is 10.6 Å². The van der Waals surface area contributed by atoms with E-state index < -0.39 is 0 Å². The second-order valence-electron chi connectivity index (χ2n) is 9.06.